The van der Waals surface area contributed by atoms with Crippen molar-refractivity contribution in [2.45, 2.75) is 25.6 Å². The van der Waals surface area contributed by atoms with Crippen molar-refractivity contribution in [2.24, 2.45) is 0 Å². The van der Waals surface area contributed by atoms with Crippen LogP contribution in [0.4, 0.5) is 0 Å². The molecule has 0 saturated carbocycles. The first-order valence-electron chi connectivity index (χ1n) is 5.43. The topological polar surface area (TPSA) is 80.5 Å². The minimum atomic E-state index is -1.49. The number of methoxy groups -OCH3 is 1. The zero-order chi connectivity index (χ0) is 12.5. The summed E-state index contributed by atoms with van der Waals surface area (Å²) in [6.45, 7) is 3.77. The van der Waals surface area contributed by atoms with Crippen LogP contribution in [0.2, 0.25) is 0 Å². The second-order valence-corrected chi connectivity index (χ2v) is 4.42. The first kappa shape index (κ1) is 12.0. The van der Waals surface area contributed by atoms with E-state index in [9.17, 15) is 9.90 Å². The summed E-state index contributed by atoms with van der Waals surface area (Å²) in [6, 6.07) is 0. The lowest BCUT2D eigenvalue weighted by atomic mass is 10.1. The summed E-state index contributed by atoms with van der Waals surface area (Å²) in [7, 11) is 1.27. The number of hydrogen-bond acceptors (Lipinski definition) is 6. The van der Waals surface area contributed by atoms with E-state index >= 15 is 0 Å². The van der Waals surface area contributed by atoms with E-state index in [2.05, 4.69) is 14.9 Å². The highest BCUT2D eigenvalue weighted by Gasteiger charge is 2.34. The van der Waals surface area contributed by atoms with E-state index in [0.717, 1.165) is 18.9 Å². The molecule has 1 aliphatic heterocycles. The van der Waals surface area contributed by atoms with Crippen LogP contribution in [0.1, 0.15) is 12.7 Å². The Kier molecular flexibility index (Phi) is 3.12. The highest BCUT2D eigenvalue weighted by Crippen LogP contribution is 2.14. The van der Waals surface area contributed by atoms with Gasteiger partial charge in [-0.25, -0.2) is 4.79 Å². The van der Waals surface area contributed by atoms with Crippen molar-refractivity contribution in [3.8, 4) is 0 Å². The molecule has 1 aromatic heterocycles. The predicted molar refractivity (Wildman–Crippen MR) is 57.9 cm³/mol. The van der Waals surface area contributed by atoms with Gasteiger partial charge in [0.15, 0.2) is 5.60 Å². The van der Waals surface area contributed by atoms with Crippen LogP contribution in [0.3, 0.4) is 0 Å². The van der Waals surface area contributed by atoms with E-state index in [1.54, 1.807) is 6.33 Å². The first-order valence-corrected chi connectivity index (χ1v) is 5.43. The molecular weight excluding hydrogens is 224 g/mol. The maximum atomic E-state index is 11.4. The number of fused-ring (bicyclic) bond motifs is 1. The molecule has 0 spiro atoms. The second kappa shape index (κ2) is 4.42. The van der Waals surface area contributed by atoms with Gasteiger partial charge in [-0.3, -0.25) is 4.90 Å². The summed E-state index contributed by atoms with van der Waals surface area (Å²) in [6.07, 6.45) is 1.69. The average Bonchev–Trinajstić information content (AvgIpc) is 2.74. The molecule has 1 atom stereocenters. The van der Waals surface area contributed by atoms with E-state index in [1.165, 1.54) is 14.0 Å². The Morgan fingerprint density at radius 1 is 1.65 bits per heavy atom. The zero-order valence-corrected chi connectivity index (χ0v) is 9.96. The van der Waals surface area contributed by atoms with Crippen molar-refractivity contribution < 1.29 is 14.6 Å². The molecule has 1 unspecified atom stereocenters. The van der Waals surface area contributed by atoms with Gasteiger partial charge in [-0.2, -0.15) is 0 Å². The molecular formula is C10H16N4O3. The van der Waals surface area contributed by atoms with Crippen LogP contribution in [-0.2, 0) is 22.6 Å². The Morgan fingerprint density at radius 3 is 3.12 bits per heavy atom. The highest BCUT2D eigenvalue weighted by atomic mass is 16.5. The van der Waals surface area contributed by atoms with Crippen molar-refractivity contribution in [3.63, 3.8) is 0 Å². The number of hydrogen-bond donors (Lipinski definition) is 1. The molecule has 17 heavy (non-hydrogen) atoms. The number of ether oxygens (including phenoxy) is 1. The summed E-state index contributed by atoms with van der Waals surface area (Å²) in [5.74, 6) is 0.224. The maximum absolute atomic E-state index is 11.4. The van der Waals surface area contributed by atoms with Gasteiger partial charge >= 0.3 is 5.97 Å². The van der Waals surface area contributed by atoms with Crippen molar-refractivity contribution in [2.75, 3.05) is 20.2 Å². The molecule has 0 aromatic carbocycles. The van der Waals surface area contributed by atoms with E-state index in [0.29, 0.717) is 6.54 Å². The Hall–Kier alpha value is -1.47. The Morgan fingerprint density at radius 2 is 2.41 bits per heavy atom. The van der Waals surface area contributed by atoms with Crippen LogP contribution in [0.5, 0.6) is 0 Å². The van der Waals surface area contributed by atoms with Crippen LogP contribution in [0, 0.1) is 0 Å². The number of carbonyl (C=O) groups excluding carboxylic acids is 1. The number of aliphatic hydroxyl groups is 1. The first-order chi connectivity index (χ1) is 8.03. The molecule has 0 bridgehead atoms. The van der Waals surface area contributed by atoms with Crippen LogP contribution in [-0.4, -0.2) is 56.5 Å². The highest BCUT2D eigenvalue weighted by molar-refractivity contribution is 5.78. The van der Waals surface area contributed by atoms with E-state index < -0.39 is 11.6 Å². The fourth-order valence-corrected chi connectivity index (χ4v) is 1.97. The van der Waals surface area contributed by atoms with Crippen molar-refractivity contribution in [3.05, 3.63) is 12.2 Å². The third kappa shape index (κ3) is 2.45. The fraction of sp³-hybridized carbons (Fsp3) is 0.700. The van der Waals surface area contributed by atoms with Gasteiger partial charge in [0.1, 0.15) is 12.2 Å². The second-order valence-electron chi connectivity index (χ2n) is 4.42. The van der Waals surface area contributed by atoms with E-state index in [4.69, 9.17) is 0 Å². The van der Waals surface area contributed by atoms with Gasteiger partial charge in [-0.1, -0.05) is 0 Å². The molecule has 7 heteroatoms. The summed E-state index contributed by atoms with van der Waals surface area (Å²) < 4.78 is 6.52. The zero-order valence-electron chi connectivity index (χ0n) is 9.96. The van der Waals surface area contributed by atoms with Gasteiger partial charge in [0.25, 0.3) is 0 Å². The van der Waals surface area contributed by atoms with E-state index in [1.807, 2.05) is 9.47 Å². The lowest BCUT2D eigenvalue weighted by Crippen LogP contribution is -2.49. The van der Waals surface area contributed by atoms with Gasteiger partial charge < -0.3 is 14.4 Å². The van der Waals surface area contributed by atoms with Crippen molar-refractivity contribution in [1.29, 1.82) is 0 Å². The summed E-state index contributed by atoms with van der Waals surface area (Å²) in [4.78, 5) is 13.3. The molecule has 1 aromatic rings. The normalized spacial score (nSPS) is 19.5. The van der Waals surface area contributed by atoms with Crippen molar-refractivity contribution >= 4 is 5.97 Å². The minimum Gasteiger partial charge on any atom is -0.467 e. The molecule has 1 N–H and O–H groups in total. The average molecular weight is 240 g/mol. The molecule has 94 valence electrons. The fourth-order valence-electron chi connectivity index (χ4n) is 1.97. The van der Waals surface area contributed by atoms with Gasteiger partial charge in [-0.05, 0) is 6.92 Å². The number of carbonyl (C=O) groups is 1. The maximum Gasteiger partial charge on any atom is 0.338 e. The van der Waals surface area contributed by atoms with Gasteiger partial charge in [0, 0.05) is 19.6 Å². The number of β-amino-alcohol motifs (C(OH)–C–C–N with tert-alkyl or cyclic N) is 1. The SMILES string of the molecule is COC(=O)C(C)(O)CN1CCn2cnnc2C1. The van der Waals surface area contributed by atoms with Gasteiger partial charge in [0.05, 0.1) is 13.7 Å². The van der Waals surface area contributed by atoms with Crippen molar-refractivity contribution in [1.82, 2.24) is 19.7 Å². The van der Waals surface area contributed by atoms with E-state index in [-0.39, 0.29) is 6.54 Å². The minimum absolute atomic E-state index is 0.229. The van der Waals surface area contributed by atoms with Gasteiger partial charge in [0.2, 0.25) is 0 Å². The third-order valence-corrected chi connectivity index (χ3v) is 2.87. The van der Waals surface area contributed by atoms with Gasteiger partial charge in [-0.15, -0.1) is 10.2 Å². The largest absolute Gasteiger partial charge is 0.467 e. The quantitative estimate of drug-likeness (QED) is 0.684. The molecule has 0 saturated heterocycles. The number of rotatable bonds is 3. The van der Waals surface area contributed by atoms with Crippen LogP contribution < -0.4 is 0 Å². The lowest BCUT2D eigenvalue weighted by Gasteiger charge is -2.32. The van der Waals surface area contributed by atoms with Crippen LogP contribution in [0.15, 0.2) is 6.33 Å². The summed E-state index contributed by atoms with van der Waals surface area (Å²) in [5, 5.41) is 17.8. The Bertz CT molecular complexity index is 415. The molecule has 2 rings (SSSR count). The smallest absolute Gasteiger partial charge is 0.338 e. The Balaban J connectivity index is 2.00. The Labute approximate surface area is 99.0 Å². The monoisotopic (exact) mass is 240 g/mol. The molecule has 2 heterocycles. The standard InChI is InChI=1S/C10H16N4O3/c1-10(16,9(15)17-2)6-13-3-4-14-7-11-12-8(14)5-13/h7,16H,3-6H2,1-2H3. The molecule has 0 fully saturated rings. The molecule has 0 aliphatic carbocycles. The summed E-state index contributed by atoms with van der Waals surface area (Å²) >= 11 is 0. The molecule has 0 amide bonds. The molecule has 1 aliphatic rings. The molecule has 7 nitrogen and oxygen atoms in total. The number of aromatic nitrogens is 3. The molecule has 0 radical (unpaired) electrons. The lowest BCUT2D eigenvalue weighted by molar-refractivity contribution is -0.162. The third-order valence-electron chi connectivity index (χ3n) is 2.87. The van der Waals surface area contributed by atoms with Crippen LogP contribution >= 0.6 is 0 Å². The number of nitrogens with zero attached hydrogens (tertiary/aromatic N) is 4. The predicted octanol–water partition coefficient (Wildman–Crippen LogP) is -0.982. The summed E-state index contributed by atoms with van der Waals surface area (Å²) in [5.41, 5.74) is -1.49. The number of esters is 1. The van der Waals surface area contributed by atoms with Crippen LogP contribution in [0.25, 0.3) is 0 Å².